The standard InChI is InChI=1S/C30H37NO6/c1-18-9-8-12-23-16-22(17-32)19(2)26-24(15-21-10-6-5-7-11-21)31-28(35)30(23,26)25(37-20(3)33)13-14-29(4,36)27(18)34/h5-8,10-14,16,18-19,23-26,32,36H,9,15,17H2,1-4H3,(H,31,35). The molecule has 0 radical (unpaired) electrons. The van der Waals surface area contributed by atoms with Gasteiger partial charge in [0.25, 0.3) is 0 Å². The van der Waals surface area contributed by atoms with Crippen molar-refractivity contribution in [3.8, 4) is 0 Å². The zero-order valence-electron chi connectivity index (χ0n) is 21.9. The van der Waals surface area contributed by atoms with E-state index in [2.05, 4.69) is 5.32 Å². The minimum atomic E-state index is -1.79. The van der Waals surface area contributed by atoms with Gasteiger partial charge in [-0.3, -0.25) is 14.4 Å². The van der Waals surface area contributed by atoms with Crippen LogP contribution in [-0.4, -0.2) is 52.2 Å². The highest BCUT2D eigenvalue weighted by molar-refractivity contribution is 5.91. The van der Waals surface area contributed by atoms with Crippen LogP contribution in [0, 0.1) is 29.1 Å². The van der Waals surface area contributed by atoms with E-state index in [1.807, 2.05) is 55.5 Å². The van der Waals surface area contributed by atoms with Gasteiger partial charge < -0.3 is 20.3 Å². The highest BCUT2D eigenvalue weighted by atomic mass is 16.5. The predicted octanol–water partition coefficient (Wildman–Crippen LogP) is 2.92. The normalized spacial score (nSPS) is 37.6. The zero-order chi connectivity index (χ0) is 27.0. The molecule has 0 aromatic heterocycles. The topological polar surface area (TPSA) is 113 Å². The summed E-state index contributed by atoms with van der Waals surface area (Å²) < 4.78 is 5.85. The largest absolute Gasteiger partial charge is 0.457 e. The van der Waals surface area contributed by atoms with Crippen molar-refractivity contribution in [2.45, 2.75) is 58.3 Å². The lowest BCUT2D eigenvalue weighted by Gasteiger charge is -2.48. The first-order valence-corrected chi connectivity index (χ1v) is 13.0. The number of carbonyl (C=O) groups is 3. The number of aliphatic hydroxyl groups excluding tert-OH is 1. The molecule has 1 spiro atoms. The SMILES string of the molecule is CC(=O)OC1C=CC(C)(O)C(=O)C(C)CC=CC2C=C(CO)C(C)C3C(Cc4ccccc4)NC(=O)C213. The molecule has 1 amide bonds. The average Bonchev–Trinajstić information content (AvgIpc) is 3.14. The molecule has 1 fully saturated rings. The van der Waals surface area contributed by atoms with Gasteiger partial charge in [0.05, 0.1) is 6.61 Å². The van der Waals surface area contributed by atoms with Crippen molar-refractivity contribution in [1.82, 2.24) is 5.32 Å². The molecule has 0 saturated carbocycles. The summed E-state index contributed by atoms with van der Waals surface area (Å²) in [5, 5.41) is 24.5. The number of carbonyl (C=O) groups excluding carboxylic acids is 3. The van der Waals surface area contributed by atoms with Gasteiger partial charge in [-0.15, -0.1) is 0 Å². The lowest BCUT2D eigenvalue weighted by molar-refractivity contribution is -0.159. The highest BCUT2D eigenvalue weighted by Gasteiger charge is 2.66. The first-order valence-electron chi connectivity index (χ1n) is 13.0. The van der Waals surface area contributed by atoms with Crippen LogP contribution in [0.25, 0.3) is 0 Å². The highest BCUT2D eigenvalue weighted by Crippen LogP contribution is 2.56. The summed E-state index contributed by atoms with van der Waals surface area (Å²) in [7, 11) is 0. The third kappa shape index (κ3) is 4.82. The van der Waals surface area contributed by atoms with Crippen molar-refractivity contribution in [2.24, 2.45) is 29.1 Å². The second-order valence-electron chi connectivity index (χ2n) is 10.9. The first kappa shape index (κ1) is 27.0. The zero-order valence-corrected chi connectivity index (χ0v) is 21.9. The van der Waals surface area contributed by atoms with Gasteiger partial charge in [0, 0.05) is 30.7 Å². The Hall–Kier alpha value is -3.03. The van der Waals surface area contributed by atoms with Crippen molar-refractivity contribution < 1.29 is 29.3 Å². The number of Topliss-reactive ketones (excluding diaryl/α,β-unsaturated/α-hetero) is 1. The van der Waals surface area contributed by atoms with E-state index < -0.39 is 34.9 Å². The lowest BCUT2D eigenvalue weighted by atomic mass is 9.54. The van der Waals surface area contributed by atoms with E-state index in [0.29, 0.717) is 12.8 Å². The molecular formula is C30H37NO6. The molecule has 7 heteroatoms. The summed E-state index contributed by atoms with van der Waals surface area (Å²) in [5.41, 5.74) is -1.14. The third-order valence-electron chi connectivity index (χ3n) is 8.38. The van der Waals surface area contributed by atoms with Crippen LogP contribution in [0.1, 0.15) is 39.7 Å². The van der Waals surface area contributed by atoms with Crippen molar-refractivity contribution in [3.05, 3.63) is 71.8 Å². The van der Waals surface area contributed by atoms with Crippen molar-refractivity contribution in [1.29, 1.82) is 0 Å². The minimum Gasteiger partial charge on any atom is -0.457 e. The molecule has 4 rings (SSSR count). The summed E-state index contributed by atoms with van der Waals surface area (Å²) in [6.07, 6.45) is 8.45. The molecule has 37 heavy (non-hydrogen) atoms. The van der Waals surface area contributed by atoms with E-state index in [0.717, 1.165) is 11.1 Å². The third-order valence-corrected chi connectivity index (χ3v) is 8.38. The molecule has 8 atom stereocenters. The number of hydrogen-bond acceptors (Lipinski definition) is 6. The van der Waals surface area contributed by atoms with E-state index in [9.17, 15) is 24.6 Å². The van der Waals surface area contributed by atoms with E-state index >= 15 is 0 Å². The van der Waals surface area contributed by atoms with Gasteiger partial charge in [-0.2, -0.15) is 0 Å². The van der Waals surface area contributed by atoms with Gasteiger partial charge >= 0.3 is 5.97 Å². The van der Waals surface area contributed by atoms with Crippen molar-refractivity contribution in [2.75, 3.05) is 6.61 Å². The molecule has 3 N–H and O–H groups in total. The Morgan fingerprint density at radius 1 is 1.16 bits per heavy atom. The first-order chi connectivity index (χ1) is 17.5. The molecule has 1 aromatic rings. The van der Waals surface area contributed by atoms with Crippen LogP contribution in [0.2, 0.25) is 0 Å². The molecule has 1 heterocycles. The fourth-order valence-electron chi connectivity index (χ4n) is 6.59. The minimum absolute atomic E-state index is 0.151. The molecule has 1 aromatic carbocycles. The van der Waals surface area contributed by atoms with Crippen molar-refractivity contribution in [3.63, 3.8) is 0 Å². The van der Waals surface area contributed by atoms with Gasteiger partial charge in [-0.05, 0) is 49.0 Å². The number of ketones is 1. The van der Waals surface area contributed by atoms with Crippen LogP contribution in [0.3, 0.4) is 0 Å². The molecule has 7 nitrogen and oxygen atoms in total. The van der Waals surface area contributed by atoms with Gasteiger partial charge in [0.15, 0.2) is 5.78 Å². The Bertz CT molecular complexity index is 1140. The average molecular weight is 508 g/mol. The quantitative estimate of drug-likeness (QED) is 0.427. The van der Waals surface area contributed by atoms with Crippen LogP contribution in [0.15, 0.2) is 66.3 Å². The van der Waals surface area contributed by atoms with Gasteiger partial charge in [0.1, 0.15) is 17.1 Å². The van der Waals surface area contributed by atoms with Crippen LogP contribution >= 0.6 is 0 Å². The fraction of sp³-hybridized carbons (Fsp3) is 0.500. The maximum atomic E-state index is 14.1. The number of hydrogen-bond donors (Lipinski definition) is 3. The molecular weight excluding hydrogens is 470 g/mol. The van der Waals surface area contributed by atoms with E-state index in [-0.39, 0.29) is 36.2 Å². The van der Waals surface area contributed by atoms with Crippen LogP contribution in [-0.2, 0) is 25.5 Å². The summed E-state index contributed by atoms with van der Waals surface area (Å²) in [6.45, 7) is 6.30. The number of aliphatic hydroxyl groups is 2. The molecule has 198 valence electrons. The molecule has 3 aliphatic rings. The smallest absolute Gasteiger partial charge is 0.303 e. The van der Waals surface area contributed by atoms with Gasteiger partial charge in [-0.1, -0.05) is 62.4 Å². The Balaban J connectivity index is 1.94. The number of amides is 1. The monoisotopic (exact) mass is 507 g/mol. The van der Waals surface area contributed by atoms with Crippen LogP contribution < -0.4 is 5.32 Å². The molecule has 1 saturated heterocycles. The van der Waals surface area contributed by atoms with Gasteiger partial charge in [0.2, 0.25) is 5.91 Å². The van der Waals surface area contributed by atoms with Crippen LogP contribution in [0.5, 0.6) is 0 Å². The molecule has 0 bridgehead atoms. The molecule has 8 unspecified atom stereocenters. The number of nitrogens with one attached hydrogen (secondary N) is 1. The second kappa shape index (κ2) is 10.4. The lowest BCUT2D eigenvalue weighted by Crippen LogP contribution is -2.55. The van der Waals surface area contributed by atoms with Crippen molar-refractivity contribution >= 4 is 17.7 Å². The van der Waals surface area contributed by atoms with Crippen LogP contribution in [0.4, 0.5) is 0 Å². The maximum Gasteiger partial charge on any atom is 0.303 e. The Labute approximate surface area is 218 Å². The number of rotatable bonds is 4. The molecule has 2 aliphatic carbocycles. The van der Waals surface area contributed by atoms with E-state index in [4.69, 9.17) is 4.74 Å². The Morgan fingerprint density at radius 2 is 1.86 bits per heavy atom. The fourth-order valence-corrected chi connectivity index (χ4v) is 6.59. The summed E-state index contributed by atoms with van der Waals surface area (Å²) >= 11 is 0. The predicted molar refractivity (Wildman–Crippen MR) is 139 cm³/mol. The number of esters is 1. The number of benzene rings is 1. The Morgan fingerprint density at radius 3 is 2.51 bits per heavy atom. The second-order valence-corrected chi connectivity index (χ2v) is 10.9. The summed E-state index contributed by atoms with van der Waals surface area (Å²) in [4.78, 5) is 39.5. The Kier molecular flexibility index (Phi) is 7.58. The van der Waals surface area contributed by atoms with E-state index in [1.54, 1.807) is 6.92 Å². The van der Waals surface area contributed by atoms with Gasteiger partial charge in [-0.25, -0.2) is 0 Å². The molecule has 1 aliphatic heterocycles. The maximum absolute atomic E-state index is 14.1. The summed E-state index contributed by atoms with van der Waals surface area (Å²) in [5.74, 6) is -2.66. The van der Waals surface area contributed by atoms with E-state index in [1.165, 1.54) is 26.0 Å². The number of ether oxygens (including phenoxy) is 1. The summed E-state index contributed by atoms with van der Waals surface area (Å²) in [6, 6.07) is 9.58. The number of allylic oxidation sites excluding steroid dienone is 3.